The highest BCUT2D eigenvalue weighted by atomic mass is 79.9. The lowest BCUT2D eigenvalue weighted by molar-refractivity contribution is -0.136. The van der Waals surface area contributed by atoms with Gasteiger partial charge in [-0.05, 0) is 24.3 Å². The van der Waals surface area contributed by atoms with Crippen LogP contribution in [0.3, 0.4) is 0 Å². The van der Waals surface area contributed by atoms with E-state index >= 15 is 0 Å². The smallest absolute Gasteiger partial charge is 0.311 e. The quantitative estimate of drug-likeness (QED) is 0.938. The molecule has 0 aliphatic heterocycles. The van der Waals surface area contributed by atoms with Crippen LogP contribution in [0.15, 0.2) is 45.3 Å². The lowest BCUT2D eigenvalue weighted by atomic mass is 10.2. The van der Waals surface area contributed by atoms with Gasteiger partial charge in [0.1, 0.15) is 17.9 Å². The van der Waals surface area contributed by atoms with Gasteiger partial charge in [0.05, 0.1) is 0 Å². The van der Waals surface area contributed by atoms with Crippen LogP contribution in [0, 0.1) is 0 Å². The van der Waals surface area contributed by atoms with Gasteiger partial charge >= 0.3 is 5.97 Å². The van der Waals surface area contributed by atoms with Crippen molar-refractivity contribution >= 4 is 21.9 Å². The Bertz CT molecular complexity index is 516. The highest BCUT2D eigenvalue weighted by molar-refractivity contribution is 9.10. The largest absolute Gasteiger partial charge is 0.481 e. The molecule has 0 aliphatic rings. The first kappa shape index (κ1) is 11.0. The minimum absolute atomic E-state index is 0.0893. The Hall–Kier alpha value is -1.55. The first-order chi connectivity index (χ1) is 7.65. The number of hydrogen-bond donors (Lipinski definition) is 1. The number of halogens is 1. The van der Waals surface area contributed by atoms with Gasteiger partial charge in [0.15, 0.2) is 0 Å². The summed E-state index contributed by atoms with van der Waals surface area (Å²) in [6, 6.07) is 11.1. The summed E-state index contributed by atoms with van der Waals surface area (Å²) >= 11 is 3.37. The molecule has 0 fully saturated rings. The summed E-state index contributed by atoms with van der Waals surface area (Å²) in [5.74, 6) is 0.246. The van der Waals surface area contributed by atoms with E-state index < -0.39 is 5.97 Å². The van der Waals surface area contributed by atoms with Gasteiger partial charge in [0.25, 0.3) is 0 Å². The first-order valence-electron chi connectivity index (χ1n) is 4.71. The van der Waals surface area contributed by atoms with Crippen LogP contribution in [0.25, 0.3) is 11.3 Å². The average molecular weight is 281 g/mol. The zero-order valence-corrected chi connectivity index (χ0v) is 9.90. The van der Waals surface area contributed by atoms with Crippen molar-refractivity contribution in [3.8, 4) is 11.3 Å². The minimum Gasteiger partial charge on any atom is -0.481 e. The summed E-state index contributed by atoms with van der Waals surface area (Å²) < 4.78 is 6.39. The van der Waals surface area contributed by atoms with E-state index in [4.69, 9.17) is 9.52 Å². The lowest BCUT2D eigenvalue weighted by Crippen LogP contribution is -1.97. The van der Waals surface area contributed by atoms with Gasteiger partial charge in [-0.15, -0.1) is 0 Å². The molecule has 1 aromatic carbocycles. The van der Waals surface area contributed by atoms with Gasteiger partial charge in [0.2, 0.25) is 0 Å². The van der Waals surface area contributed by atoms with Crippen molar-refractivity contribution in [2.24, 2.45) is 0 Å². The molecule has 0 saturated heterocycles. The third-order valence-corrected chi connectivity index (χ3v) is 2.59. The summed E-state index contributed by atoms with van der Waals surface area (Å²) in [4.78, 5) is 10.5. The summed E-state index contributed by atoms with van der Waals surface area (Å²) in [7, 11) is 0. The molecule has 0 unspecified atom stereocenters. The number of furan rings is 1. The average Bonchev–Trinajstić information content (AvgIpc) is 2.65. The molecule has 0 aliphatic carbocycles. The number of rotatable bonds is 3. The molecule has 0 spiro atoms. The number of benzene rings is 1. The van der Waals surface area contributed by atoms with E-state index in [1.54, 1.807) is 12.1 Å². The van der Waals surface area contributed by atoms with Gasteiger partial charge in [-0.1, -0.05) is 28.1 Å². The molecular weight excluding hydrogens is 272 g/mol. The van der Waals surface area contributed by atoms with E-state index in [1.807, 2.05) is 24.3 Å². The predicted molar refractivity (Wildman–Crippen MR) is 63.2 cm³/mol. The summed E-state index contributed by atoms with van der Waals surface area (Å²) in [6.07, 6.45) is -0.0893. The van der Waals surface area contributed by atoms with Crippen molar-refractivity contribution in [3.63, 3.8) is 0 Å². The maximum atomic E-state index is 10.5. The Balaban J connectivity index is 2.28. The van der Waals surface area contributed by atoms with Crippen molar-refractivity contribution in [1.82, 2.24) is 0 Å². The molecule has 1 N–H and O–H groups in total. The summed E-state index contributed by atoms with van der Waals surface area (Å²) in [6.45, 7) is 0. The number of aliphatic carboxylic acids is 1. The van der Waals surface area contributed by atoms with Crippen LogP contribution in [0.4, 0.5) is 0 Å². The molecule has 3 nitrogen and oxygen atoms in total. The standard InChI is InChI=1S/C12H9BrO3/c13-9-3-1-2-8(6-9)11-5-4-10(16-11)7-12(14)15/h1-6H,7H2,(H,14,15). The molecule has 0 amide bonds. The Morgan fingerprint density at radius 3 is 2.81 bits per heavy atom. The third kappa shape index (κ3) is 2.52. The molecule has 16 heavy (non-hydrogen) atoms. The maximum absolute atomic E-state index is 10.5. The molecule has 4 heteroatoms. The Morgan fingerprint density at radius 2 is 2.12 bits per heavy atom. The van der Waals surface area contributed by atoms with E-state index in [0.29, 0.717) is 11.5 Å². The Labute approximate surface area is 101 Å². The number of carboxylic acids is 1. The van der Waals surface area contributed by atoms with Crippen LogP contribution < -0.4 is 0 Å². The summed E-state index contributed by atoms with van der Waals surface area (Å²) in [5.41, 5.74) is 0.922. The van der Waals surface area contributed by atoms with Crippen LogP contribution >= 0.6 is 15.9 Å². The number of carbonyl (C=O) groups is 1. The van der Waals surface area contributed by atoms with Gasteiger partial charge in [-0.3, -0.25) is 4.79 Å². The van der Waals surface area contributed by atoms with Crippen LogP contribution in [0.2, 0.25) is 0 Å². The molecule has 1 heterocycles. The zero-order chi connectivity index (χ0) is 11.5. The molecule has 0 atom stereocenters. The van der Waals surface area contributed by atoms with E-state index in [-0.39, 0.29) is 6.42 Å². The minimum atomic E-state index is -0.893. The second-order valence-corrected chi connectivity index (χ2v) is 4.26. The predicted octanol–water partition coefficient (Wildman–Crippen LogP) is 3.34. The van der Waals surface area contributed by atoms with Crippen LogP contribution in [0.5, 0.6) is 0 Å². The fourth-order valence-electron chi connectivity index (χ4n) is 1.42. The highest BCUT2D eigenvalue weighted by Crippen LogP contribution is 2.25. The van der Waals surface area contributed by atoms with Crippen LogP contribution in [0.1, 0.15) is 5.76 Å². The molecule has 1 aromatic heterocycles. The van der Waals surface area contributed by atoms with Crippen molar-refractivity contribution in [2.75, 3.05) is 0 Å². The first-order valence-corrected chi connectivity index (χ1v) is 5.51. The molecule has 2 rings (SSSR count). The van der Waals surface area contributed by atoms with Crippen molar-refractivity contribution < 1.29 is 14.3 Å². The Morgan fingerprint density at radius 1 is 1.31 bits per heavy atom. The maximum Gasteiger partial charge on any atom is 0.311 e. The van der Waals surface area contributed by atoms with E-state index in [9.17, 15) is 4.79 Å². The molecule has 82 valence electrons. The second kappa shape index (κ2) is 4.53. The van der Waals surface area contributed by atoms with Crippen LogP contribution in [-0.2, 0) is 11.2 Å². The number of hydrogen-bond acceptors (Lipinski definition) is 2. The lowest BCUT2D eigenvalue weighted by Gasteiger charge is -1.97. The topological polar surface area (TPSA) is 50.4 Å². The SMILES string of the molecule is O=C(O)Cc1ccc(-c2cccc(Br)c2)o1. The van der Waals surface area contributed by atoms with Gasteiger partial charge < -0.3 is 9.52 Å². The number of carboxylic acid groups (broad SMARTS) is 1. The highest BCUT2D eigenvalue weighted by Gasteiger charge is 2.07. The van der Waals surface area contributed by atoms with Crippen LogP contribution in [-0.4, -0.2) is 11.1 Å². The fourth-order valence-corrected chi connectivity index (χ4v) is 1.82. The van der Waals surface area contributed by atoms with Gasteiger partial charge in [-0.25, -0.2) is 0 Å². The monoisotopic (exact) mass is 280 g/mol. The molecule has 0 radical (unpaired) electrons. The molecule has 0 saturated carbocycles. The third-order valence-electron chi connectivity index (χ3n) is 2.10. The Kier molecular flexibility index (Phi) is 3.10. The van der Waals surface area contributed by atoms with Crippen molar-refractivity contribution in [3.05, 3.63) is 46.6 Å². The molecule has 2 aromatic rings. The fraction of sp³-hybridized carbons (Fsp3) is 0.0833. The summed E-state index contributed by atoms with van der Waals surface area (Å²) in [5, 5.41) is 8.62. The van der Waals surface area contributed by atoms with Gasteiger partial charge in [0, 0.05) is 10.0 Å². The van der Waals surface area contributed by atoms with E-state index in [1.165, 1.54) is 0 Å². The van der Waals surface area contributed by atoms with E-state index in [2.05, 4.69) is 15.9 Å². The van der Waals surface area contributed by atoms with Crippen molar-refractivity contribution in [1.29, 1.82) is 0 Å². The van der Waals surface area contributed by atoms with Gasteiger partial charge in [-0.2, -0.15) is 0 Å². The second-order valence-electron chi connectivity index (χ2n) is 3.35. The molecular formula is C12H9BrO3. The normalized spacial score (nSPS) is 10.3. The molecule has 0 bridgehead atoms. The zero-order valence-electron chi connectivity index (χ0n) is 8.31. The van der Waals surface area contributed by atoms with Crippen molar-refractivity contribution in [2.45, 2.75) is 6.42 Å². The van der Waals surface area contributed by atoms with E-state index in [0.717, 1.165) is 10.0 Å².